The van der Waals surface area contributed by atoms with E-state index in [1.807, 2.05) is 4.68 Å². The van der Waals surface area contributed by atoms with Crippen LogP contribution >= 0.6 is 15.9 Å². The monoisotopic (exact) mass is 286 g/mol. The average Bonchev–Trinajstić information content (AvgIpc) is 2.56. The zero-order valence-corrected chi connectivity index (χ0v) is 11.5. The first kappa shape index (κ1) is 13.5. The Hall–Kier alpha value is -0.610. The molecule has 90 valence electrons. The largest absolute Gasteiger partial charge is 0.392 e. The molecule has 1 heterocycles. The maximum Gasteiger partial charge on any atom is 0.0766 e. The van der Waals surface area contributed by atoms with Crippen molar-refractivity contribution in [3.8, 4) is 0 Å². The van der Waals surface area contributed by atoms with Gasteiger partial charge in [-0.15, -0.1) is 6.58 Å². The van der Waals surface area contributed by atoms with Crippen LogP contribution in [0.1, 0.15) is 31.7 Å². The molecule has 0 fully saturated rings. The molecule has 3 nitrogen and oxygen atoms in total. The summed E-state index contributed by atoms with van der Waals surface area (Å²) in [4.78, 5) is 0. The normalized spacial score (nSPS) is 12.8. The number of nitrogens with zero attached hydrogens (tertiary/aromatic N) is 2. The van der Waals surface area contributed by atoms with Crippen LogP contribution in [0.5, 0.6) is 0 Å². The second-order valence-corrected chi connectivity index (χ2v) is 4.55. The lowest BCUT2D eigenvalue weighted by molar-refractivity contribution is 0.175. The van der Waals surface area contributed by atoms with E-state index in [2.05, 4.69) is 41.5 Å². The highest BCUT2D eigenvalue weighted by atomic mass is 79.9. The summed E-state index contributed by atoms with van der Waals surface area (Å²) in [5.74, 6) is 0. The van der Waals surface area contributed by atoms with Crippen molar-refractivity contribution in [3.63, 3.8) is 0 Å². The van der Waals surface area contributed by atoms with Crippen LogP contribution in [0.25, 0.3) is 0 Å². The minimum atomic E-state index is -0.375. The topological polar surface area (TPSA) is 38.1 Å². The molecule has 0 saturated carbocycles. The molecule has 1 atom stereocenters. The van der Waals surface area contributed by atoms with Crippen LogP contribution < -0.4 is 0 Å². The lowest BCUT2D eigenvalue weighted by atomic mass is 10.1. The molecule has 0 spiro atoms. The second kappa shape index (κ2) is 6.21. The molecule has 4 heteroatoms. The third kappa shape index (κ3) is 2.95. The van der Waals surface area contributed by atoms with Crippen molar-refractivity contribution < 1.29 is 5.11 Å². The second-order valence-electron chi connectivity index (χ2n) is 3.76. The molecule has 0 aromatic carbocycles. The highest BCUT2D eigenvalue weighted by molar-refractivity contribution is 9.10. The van der Waals surface area contributed by atoms with Crippen molar-refractivity contribution in [2.45, 2.75) is 45.8 Å². The van der Waals surface area contributed by atoms with Crippen molar-refractivity contribution >= 4 is 15.9 Å². The molecule has 0 bridgehead atoms. The number of aliphatic hydroxyl groups excluding tert-OH is 1. The SMILES string of the molecule is C=CCC(O)Cc1c(Br)c(CC)nn1CC. The Balaban J connectivity index is 2.92. The van der Waals surface area contributed by atoms with E-state index < -0.39 is 0 Å². The zero-order valence-electron chi connectivity index (χ0n) is 9.91. The van der Waals surface area contributed by atoms with E-state index >= 15 is 0 Å². The van der Waals surface area contributed by atoms with Gasteiger partial charge in [-0.3, -0.25) is 4.68 Å². The van der Waals surface area contributed by atoms with Gasteiger partial charge in [-0.05, 0) is 35.7 Å². The standard InChI is InChI=1S/C12H19BrN2O/c1-4-7-9(16)8-11-12(13)10(5-2)14-15(11)6-3/h4,9,16H,1,5-8H2,2-3H3. The molecule has 1 N–H and O–H groups in total. The Morgan fingerprint density at radius 2 is 2.25 bits per heavy atom. The van der Waals surface area contributed by atoms with Crippen molar-refractivity contribution in [2.75, 3.05) is 0 Å². The smallest absolute Gasteiger partial charge is 0.0766 e. The van der Waals surface area contributed by atoms with Gasteiger partial charge in [-0.2, -0.15) is 5.10 Å². The van der Waals surface area contributed by atoms with Gasteiger partial charge in [0.15, 0.2) is 0 Å². The van der Waals surface area contributed by atoms with E-state index in [0.29, 0.717) is 12.8 Å². The highest BCUT2D eigenvalue weighted by Gasteiger charge is 2.16. The minimum absolute atomic E-state index is 0.375. The fourth-order valence-electron chi connectivity index (χ4n) is 1.71. The number of rotatable bonds is 6. The maximum atomic E-state index is 9.80. The summed E-state index contributed by atoms with van der Waals surface area (Å²) in [6.45, 7) is 8.60. The van der Waals surface area contributed by atoms with Gasteiger partial charge in [0.1, 0.15) is 0 Å². The number of aliphatic hydroxyl groups is 1. The van der Waals surface area contributed by atoms with Crippen LogP contribution in [0.3, 0.4) is 0 Å². The lowest BCUT2D eigenvalue weighted by Gasteiger charge is -2.10. The zero-order chi connectivity index (χ0) is 12.1. The molecule has 0 aliphatic heterocycles. The van der Waals surface area contributed by atoms with Gasteiger partial charge in [0.05, 0.1) is 22.0 Å². The van der Waals surface area contributed by atoms with Gasteiger partial charge >= 0.3 is 0 Å². The number of aromatic nitrogens is 2. The molecule has 0 aliphatic carbocycles. The third-order valence-corrected chi connectivity index (χ3v) is 3.48. The van der Waals surface area contributed by atoms with Crippen LogP contribution in [-0.4, -0.2) is 21.0 Å². The Bertz CT molecular complexity index is 360. The summed E-state index contributed by atoms with van der Waals surface area (Å²) in [5, 5.41) is 14.3. The lowest BCUT2D eigenvalue weighted by Crippen LogP contribution is -2.13. The highest BCUT2D eigenvalue weighted by Crippen LogP contribution is 2.24. The summed E-state index contributed by atoms with van der Waals surface area (Å²) in [7, 11) is 0. The van der Waals surface area contributed by atoms with Crippen molar-refractivity contribution in [2.24, 2.45) is 0 Å². The van der Waals surface area contributed by atoms with Gasteiger partial charge in [0.2, 0.25) is 0 Å². The number of hydrogen-bond donors (Lipinski definition) is 1. The molecular weight excluding hydrogens is 268 g/mol. The fourth-order valence-corrected chi connectivity index (χ4v) is 2.44. The number of aryl methyl sites for hydroxylation is 2. The maximum absolute atomic E-state index is 9.80. The molecule has 1 aromatic rings. The third-order valence-electron chi connectivity index (χ3n) is 2.56. The van der Waals surface area contributed by atoms with Gasteiger partial charge in [-0.1, -0.05) is 13.0 Å². The van der Waals surface area contributed by atoms with Crippen LogP contribution in [0.4, 0.5) is 0 Å². The summed E-state index contributed by atoms with van der Waals surface area (Å²) < 4.78 is 3.00. The molecule has 1 unspecified atom stereocenters. The molecule has 0 radical (unpaired) electrons. The van der Waals surface area contributed by atoms with E-state index in [1.54, 1.807) is 6.08 Å². The van der Waals surface area contributed by atoms with Crippen molar-refractivity contribution in [3.05, 3.63) is 28.5 Å². The van der Waals surface area contributed by atoms with E-state index in [9.17, 15) is 5.11 Å². The van der Waals surface area contributed by atoms with Crippen LogP contribution in [0.15, 0.2) is 17.1 Å². The van der Waals surface area contributed by atoms with Crippen LogP contribution in [0, 0.1) is 0 Å². The predicted molar refractivity (Wildman–Crippen MR) is 69.5 cm³/mol. The Labute approximate surface area is 105 Å². The summed E-state index contributed by atoms with van der Waals surface area (Å²) >= 11 is 3.56. The van der Waals surface area contributed by atoms with Gasteiger partial charge in [-0.25, -0.2) is 0 Å². The minimum Gasteiger partial charge on any atom is -0.392 e. The molecule has 1 aromatic heterocycles. The van der Waals surface area contributed by atoms with E-state index in [0.717, 1.165) is 28.8 Å². The van der Waals surface area contributed by atoms with E-state index in [-0.39, 0.29) is 6.10 Å². The van der Waals surface area contributed by atoms with E-state index in [4.69, 9.17) is 0 Å². The summed E-state index contributed by atoms with van der Waals surface area (Å²) in [6.07, 6.45) is 3.50. The Morgan fingerprint density at radius 1 is 1.56 bits per heavy atom. The molecule has 0 saturated heterocycles. The number of halogens is 1. The van der Waals surface area contributed by atoms with Crippen molar-refractivity contribution in [1.29, 1.82) is 0 Å². The van der Waals surface area contributed by atoms with Crippen molar-refractivity contribution in [1.82, 2.24) is 9.78 Å². The van der Waals surface area contributed by atoms with Crippen LogP contribution in [0.2, 0.25) is 0 Å². The number of hydrogen-bond acceptors (Lipinski definition) is 2. The summed E-state index contributed by atoms with van der Waals surface area (Å²) in [6, 6.07) is 0. The van der Waals surface area contributed by atoms with E-state index in [1.165, 1.54) is 0 Å². The van der Waals surface area contributed by atoms with Crippen LogP contribution in [-0.2, 0) is 19.4 Å². The first-order valence-electron chi connectivity index (χ1n) is 5.66. The Kier molecular flexibility index (Phi) is 5.22. The first-order valence-corrected chi connectivity index (χ1v) is 6.46. The van der Waals surface area contributed by atoms with Gasteiger partial charge < -0.3 is 5.11 Å². The first-order chi connectivity index (χ1) is 7.63. The Morgan fingerprint density at radius 3 is 2.75 bits per heavy atom. The van der Waals surface area contributed by atoms with Gasteiger partial charge in [0, 0.05) is 13.0 Å². The molecule has 16 heavy (non-hydrogen) atoms. The molecule has 0 amide bonds. The molecular formula is C12H19BrN2O. The quantitative estimate of drug-likeness (QED) is 0.817. The predicted octanol–water partition coefficient (Wildman–Crippen LogP) is 2.71. The summed E-state index contributed by atoms with van der Waals surface area (Å²) in [5.41, 5.74) is 2.14. The average molecular weight is 287 g/mol. The fraction of sp³-hybridized carbons (Fsp3) is 0.583. The molecule has 1 rings (SSSR count). The van der Waals surface area contributed by atoms with Gasteiger partial charge in [0.25, 0.3) is 0 Å². The molecule has 0 aliphatic rings.